The zero-order valence-electron chi connectivity index (χ0n) is 19.4. The number of rotatable bonds is 6. The van der Waals surface area contributed by atoms with E-state index < -0.39 is 47.7 Å². The van der Waals surface area contributed by atoms with Crippen LogP contribution in [0.25, 0.3) is 22.3 Å². The molecule has 4 N–H and O–H groups in total. The van der Waals surface area contributed by atoms with Gasteiger partial charge in [0, 0.05) is 22.7 Å². The molecular weight excluding hydrogens is 524 g/mol. The van der Waals surface area contributed by atoms with Gasteiger partial charge in [-0.05, 0) is 30.3 Å². The number of aromatic nitrogens is 5. The van der Waals surface area contributed by atoms with Crippen molar-refractivity contribution in [3.8, 4) is 11.4 Å². The van der Waals surface area contributed by atoms with Crippen molar-refractivity contribution in [2.45, 2.75) is 37.2 Å². The van der Waals surface area contributed by atoms with Gasteiger partial charge in [-0.3, -0.25) is 19.5 Å². The summed E-state index contributed by atoms with van der Waals surface area (Å²) in [6, 6.07) is 10.2. The maximum Gasteiger partial charge on any atom is 0.269 e. The number of benzene rings is 2. The third-order valence-electron chi connectivity index (χ3n) is 6.26. The summed E-state index contributed by atoms with van der Waals surface area (Å²) in [5.74, 6) is 0.196. The summed E-state index contributed by atoms with van der Waals surface area (Å²) in [5.41, 5.74) is 0.451. The number of nitro benzene ring substituents is 1. The van der Waals surface area contributed by atoms with Gasteiger partial charge in [-0.1, -0.05) is 16.8 Å². The molecule has 4 aromatic rings. The van der Waals surface area contributed by atoms with Gasteiger partial charge in [0.25, 0.3) is 11.2 Å². The van der Waals surface area contributed by atoms with Crippen LogP contribution in [0.3, 0.4) is 0 Å². The maximum absolute atomic E-state index is 13.5. The molecule has 1 aliphatic rings. The summed E-state index contributed by atoms with van der Waals surface area (Å²) < 4.78 is 7.93. The van der Waals surface area contributed by atoms with Crippen LogP contribution in [0.4, 0.5) is 5.69 Å². The van der Waals surface area contributed by atoms with E-state index in [-0.39, 0.29) is 29.1 Å². The van der Waals surface area contributed by atoms with Crippen LogP contribution in [-0.2, 0) is 11.3 Å². The Balaban J connectivity index is 1.55. The fourth-order valence-electron chi connectivity index (χ4n) is 4.27. The summed E-state index contributed by atoms with van der Waals surface area (Å²) in [6.07, 6.45) is -5.74. The van der Waals surface area contributed by atoms with E-state index in [2.05, 4.69) is 15.3 Å². The molecule has 198 valence electrons. The lowest BCUT2D eigenvalue weighted by atomic mass is 9.98. The van der Waals surface area contributed by atoms with Crippen molar-refractivity contribution in [2.75, 3.05) is 6.61 Å². The second-order valence-corrected chi connectivity index (χ2v) is 9.14. The Hall–Kier alpha value is -3.79. The summed E-state index contributed by atoms with van der Waals surface area (Å²) in [7, 11) is 0. The number of nitrogens with zero attached hydrogens (tertiary/aromatic N) is 6. The molecule has 1 fully saturated rings. The molecule has 15 heteroatoms. The van der Waals surface area contributed by atoms with Crippen LogP contribution < -0.4 is 5.56 Å². The molecule has 5 rings (SSSR count). The number of nitro groups is 1. The maximum atomic E-state index is 13.5. The Bertz CT molecular complexity index is 1560. The number of fused-ring (bicyclic) bond motifs is 1. The average Bonchev–Trinajstić information content (AvgIpc) is 3.37. The predicted octanol–water partition coefficient (Wildman–Crippen LogP) is 0.237. The molecule has 38 heavy (non-hydrogen) atoms. The van der Waals surface area contributed by atoms with Gasteiger partial charge in [-0.2, -0.15) is 0 Å². The first-order valence-corrected chi connectivity index (χ1v) is 11.7. The van der Waals surface area contributed by atoms with Crippen molar-refractivity contribution in [1.29, 1.82) is 0 Å². The minimum absolute atomic E-state index is 0.131. The third-order valence-corrected chi connectivity index (χ3v) is 6.49. The van der Waals surface area contributed by atoms with Crippen molar-refractivity contribution in [3.63, 3.8) is 0 Å². The lowest BCUT2D eigenvalue weighted by molar-refractivity contribution is -0.384. The minimum atomic E-state index is -1.61. The zero-order chi connectivity index (χ0) is 27.1. The summed E-state index contributed by atoms with van der Waals surface area (Å²) in [4.78, 5) is 28.6. The van der Waals surface area contributed by atoms with Crippen LogP contribution >= 0.6 is 11.6 Å². The SMILES string of the molecule is O=c1c2ccc(Cl)cc2nc(-c2ccc([N+](=O)[O-])cc2)n1Cc1cn([C@@H]2O[C@H](CO)[C@@H](O)[C@H](O)[C@H]2O)nn1. The average molecular weight is 545 g/mol. The van der Waals surface area contributed by atoms with Crippen LogP contribution in [0.15, 0.2) is 53.5 Å². The topological polar surface area (TPSA) is 199 Å². The second kappa shape index (κ2) is 10.2. The summed E-state index contributed by atoms with van der Waals surface area (Å²) in [6.45, 7) is -0.738. The molecule has 0 radical (unpaired) electrons. The fraction of sp³-hybridized carbons (Fsp3) is 0.304. The molecule has 0 aliphatic carbocycles. The van der Waals surface area contributed by atoms with Gasteiger partial charge in [-0.25, -0.2) is 9.67 Å². The normalized spacial score (nSPS) is 23.6. The van der Waals surface area contributed by atoms with Crippen molar-refractivity contribution in [1.82, 2.24) is 24.5 Å². The van der Waals surface area contributed by atoms with Crippen molar-refractivity contribution >= 4 is 28.2 Å². The van der Waals surface area contributed by atoms with E-state index in [0.717, 1.165) is 4.68 Å². The van der Waals surface area contributed by atoms with E-state index in [1.54, 1.807) is 6.07 Å². The molecule has 14 nitrogen and oxygen atoms in total. The Kier molecular flexibility index (Phi) is 6.92. The fourth-order valence-corrected chi connectivity index (χ4v) is 4.43. The van der Waals surface area contributed by atoms with Crippen LogP contribution in [0.5, 0.6) is 0 Å². The van der Waals surface area contributed by atoms with Gasteiger partial charge in [0.2, 0.25) is 0 Å². The highest BCUT2D eigenvalue weighted by Crippen LogP contribution is 2.28. The molecule has 1 aliphatic heterocycles. The highest BCUT2D eigenvalue weighted by molar-refractivity contribution is 6.31. The van der Waals surface area contributed by atoms with Gasteiger partial charge in [0.05, 0.1) is 35.2 Å². The van der Waals surface area contributed by atoms with Gasteiger partial charge >= 0.3 is 0 Å². The predicted molar refractivity (Wildman–Crippen MR) is 131 cm³/mol. The van der Waals surface area contributed by atoms with Crippen LogP contribution in [-0.4, -0.2) is 80.9 Å². The van der Waals surface area contributed by atoms with Crippen molar-refractivity contribution in [3.05, 3.63) is 79.8 Å². The molecule has 0 bridgehead atoms. The second-order valence-electron chi connectivity index (χ2n) is 8.70. The molecule has 3 heterocycles. The number of halogens is 1. The number of hydrogen-bond acceptors (Lipinski definition) is 11. The number of aliphatic hydroxyl groups excluding tert-OH is 4. The molecule has 0 spiro atoms. The standard InChI is InChI=1S/C23H21ClN6O8/c24-12-3-6-15-16(7-12)25-21(11-1-4-14(5-2-11)30(36)37)28(22(15)35)8-13-9-29(27-26-13)23-20(34)19(33)18(32)17(10-31)38-23/h1-7,9,17-20,23,31-34H,8,10H2/t17-,18-,19+,20-,23-/m1/s1. The number of hydrogen-bond donors (Lipinski definition) is 4. The summed E-state index contributed by atoms with van der Waals surface area (Å²) in [5, 5.41) is 59.6. The van der Waals surface area contributed by atoms with Crippen molar-refractivity contribution < 1.29 is 30.1 Å². The lowest BCUT2D eigenvalue weighted by Gasteiger charge is -2.39. The number of aliphatic hydroxyl groups is 4. The van der Waals surface area contributed by atoms with E-state index in [9.17, 15) is 35.3 Å². The quantitative estimate of drug-likeness (QED) is 0.191. The molecule has 2 aromatic heterocycles. The van der Waals surface area contributed by atoms with Gasteiger partial charge in [-0.15, -0.1) is 5.10 Å². The Morgan fingerprint density at radius 3 is 2.50 bits per heavy atom. The third kappa shape index (κ3) is 4.64. The monoisotopic (exact) mass is 544 g/mol. The van der Waals surface area contributed by atoms with Crippen molar-refractivity contribution in [2.24, 2.45) is 0 Å². The van der Waals surface area contributed by atoms with Crippen LogP contribution in [0, 0.1) is 10.1 Å². The lowest BCUT2D eigenvalue weighted by Crippen LogP contribution is -2.56. The molecule has 2 aromatic carbocycles. The van der Waals surface area contributed by atoms with Gasteiger partial charge in [0.15, 0.2) is 6.23 Å². The van der Waals surface area contributed by atoms with Crippen LogP contribution in [0.2, 0.25) is 5.02 Å². The van der Waals surface area contributed by atoms with E-state index in [0.29, 0.717) is 16.1 Å². The summed E-state index contributed by atoms with van der Waals surface area (Å²) >= 11 is 6.10. The molecule has 5 atom stereocenters. The Morgan fingerprint density at radius 2 is 1.82 bits per heavy atom. The van der Waals surface area contributed by atoms with E-state index >= 15 is 0 Å². The Morgan fingerprint density at radius 1 is 1.08 bits per heavy atom. The molecule has 1 saturated heterocycles. The van der Waals surface area contributed by atoms with Gasteiger partial charge in [0.1, 0.15) is 35.9 Å². The highest BCUT2D eigenvalue weighted by Gasteiger charge is 2.44. The molecule has 0 unspecified atom stereocenters. The Labute approximate surface area is 218 Å². The largest absolute Gasteiger partial charge is 0.394 e. The van der Waals surface area contributed by atoms with E-state index in [1.165, 1.54) is 47.2 Å². The molecule has 0 saturated carbocycles. The number of ether oxygens (including phenoxy) is 1. The zero-order valence-corrected chi connectivity index (χ0v) is 20.2. The first-order valence-electron chi connectivity index (χ1n) is 11.3. The minimum Gasteiger partial charge on any atom is -0.394 e. The first-order chi connectivity index (χ1) is 18.2. The highest BCUT2D eigenvalue weighted by atomic mass is 35.5. The molecular formula is C23H21ClN6O8. The first kappa shape index (κ1) is 25.8. The van der Waals surface area contributed by atoms with E-state index in [4.69, 9.17) is 16.3 Å². The van der Waals surface area contributed by atoms with E-state index in [1.807, 2.05) is 0 Å². The van der Waals surface area contributed by atoms with Gasteiger partial charge < -0.3 is 25.2 Å². The number of non-ortho nitro benzene ring substituents is 1. The smallest absolute Gasteiger partial charge is 0.269 e. The molecule has 0 amide bonds. The van der Waals surface area contributed by atoms with Crippen LogP contribution in [0.1, 0.15) is 11.9 Å².